The molecule has 2 N–H and O–H groups in total. The molecule has 0 fully saturated rings. The quantitative estimate of drug-likeness (QED) is 0.879. The lowest BCUT2D eigenvalue weighted by Gasteiger charge is -2.12. The molecule has 4 nitrogen and oxygen atoms in total. The topological polar surface area (TPSA) is 50.7 Å². The van der Waals surface area contributed by atoms with Crippen LogP contribution in [-0.2, 0) is 6.54 Å². The molecule has 1 atom stereocenters. The molecular weight excluding hydrogens is 254 g/mol. The predicted molar refractivity (Wildman–Crippen MR) is 70.4 cm³/mol. The molecule has 2 rings (SSSR count). The Hall–Kier alpha value is -0.970. The zero-order valence-corrected chi connectivity index (χ0v) is 11.2. The van der Waals surface area contributed by atoms with Gasteiger partial charge in [0.2, 0.25) is 0 Å². The predicted octanol–water partition coefficient (Wildman–Crippen LogP) is 1.97. The minimum atomic E-state index is -0.360. The van der Waals surface area contributed by atoms with Crippen LogP contribution in [0.15, 0.2) is 12.1 Å². The molecule has 0 saturated carbocycles. The fraction of sp³-hybridized carbons (Fsp3) is 0.538. The molecule has 0 aliphatic carbocycles. The zero-order valence-electron chi connectivity index (χ0n) is 10.4. The number of hydrogen-bond donors (Lipinski definition) is 2. The molecular formula is C13H18ClNO3. The Morgan fingerprint density at radius 2 is 2.17 bits per heavy atom. The van der Waals surface area contributed by atoms with E-state index >= 15 is 0 Å². The molecule has 0 radical (unpaired) electrons. The van der Waals surface area contributed by atoms with Crippen LogP contribution in [0.4, 0.5) is 0 Å². The average molecular weight is 272 g/mol. The van der Waals surface area contributed by atoms with Crippen molar-refractivity contribution in [2.45, 2.75) is 26.0 Å². The van der Waals surface area contributed by atoms with Gasteiger partial charge in [0.05, 0.1) is 24.3 Å². The van der Waals surface area contributed by atoms with E-state index in [1.807, 2.05) is 12.1 Å². The highest BCUT2D eigenvalue weighted by Gasteiger charge is 2.15. The normalized spacial score (nSPS) is 16.2. The lowest BCUT2D eigenvalue weighted by molar-refractivity contribution is 0.191. The van der Waals surface area contributed by atoms with Crippen molar-refractivity contribution in [2.24, 2.45) is 0 Å². The third kappa shape index (κ3) is 3.51. The third-order valence-electron chi connectivity index (χ3n) is 2.63. The number of halogens is 1. The van der Waals surface area contributed by atoms with E-state index in [0.29, 0.717) is 42.8 Å². The average Bonchev–Trinajstić information content (AvgIpc) is 2.54. The van der Waals surface area contributed by atoms with Gasteiger partial charge in [0.1, 0.15) is 0 Å². The van der Waals surface area contributed by atoms with Gasteiger partial charge in [0.25, 0.3) is 0 Å². The van der Waals surface area contributed by atoms with Crippen LogP contribution in [0.2, 0.25) is 5.02 Å². The molecule has 0 aromatic heterocycles. The van der Waals surface area contributed by atoms with E-state index in [1.54, 1.807) is 6.92 Å². The molecule has 1 aliphatic heterocycles. The standard InChI is InChI=1S/C13H18ClNO3/c1-9(16)7-15-8-10-5-11(14)13-12(6-10)17-3-2-4-18-13/h5-6,9,15-16H,2-4,7-8H2,1H3. The summed E-state index contributed by atoms with van der Waals surface area (Å²) >= 11 is 6.18. The summed E-state index contributed by atoms with van der Waals surface area (Å²) in [6.45, 7) is 4.21. The van der Waals surface area contributed by atoms with Gasteiger partial charge in [-0.25, -0.2) is 0 Å². The molecule has 5 heteroatoms. The molecule has 1 aromatic rings. The molecule has 1 aromatic carbocycles. The Bertz CT molecular complexity index is 409. The number of hydrogen-bond acceptors (Lipinski definition) is 4. The van der Waals surface area contributed by atoms with Gasteiger partial charge in [-0.3, -0.25) is 0 Å². The largest absolute Gasteiger partial charge is 0.489 e. The second kappa shape index (κ2) is 6.27. The minimum absolute atomic E-state index is 0.360. The summed E-state index contributed by atoms with van der Waals surface area (Å²) in [5.41, 5.74) is 1.02. The summed E-state index contributed by atoms with van der Waals surface area (Å²) in [7, 11) is 0. The summed E-state index contributed by atoms with van der Waals surface area (Å²) in [5.74, 6) is 1.34. The van der Waals surface area contributed by atoms with Crippen LogP contribution in [0.1, 0.15) is 18.9 Å². The summed E-state index contributed by atoms with van der Waals surface area (Å²) in [5, 5.41) is 12.9. The van der Waals surface area contributed by atoms with E-state index in [4.69, 9.17) is 21.1 Å². The summed E-state index contributed by atoms with van der Waals surface area (Å²) in [6.07, 6.45) is 0.501. The first kappa shape index (κ1) is 13.5. The van der Waals surface area contributed by atoms with Gasteiger partial charge in [-0.1, -0.05) is 11.6 Å². The number of nitrogens with one attached hydrogen (secondary N) is 1. The number of rotatable bonds is 4. The Morgan fingerprint density at radius 3 is 2.94 bits per heavy atom. The van der Waals surface area contributed by atoms with E-state index in [-0.39, 0.29) is 6.10 Å². The maximum atomic E-state index is 9.18. The van der Waals surface area contributed by atoms with E-state index < -0.39 is 0 Å². The van der Waals surface area contributed by atoms with Gasteiger partial charge in [-0.05, 0) is 24.6 Å². The molecule has 0 spiro atoms. The van der Waals surface area contributed by atoms with Gasteiger partial charge in [-0.15, -0.1) is 0 Å². The van der Waals surface area contributed by atoms with Crippen LogP contribution < -0.4 is 14.8 Å². The maximum absolute atomic E-state index is 9.18. The monoisotopic (exact) mass is 271 g/mol. The van der Waals surface area contributed by atoms with Crippen LogP contribution in [0, 0.1) is 0 Å². The Kier molecular flexibility index (Phi) is 4.69. The SMILES string of the molecule is CC(O)CNCc1cc(Cl)c2c(c1)OCCCO2. The van der Waals surface area contributed by atoms with E-state index in [0.717, 1.165) is 12.0 Å². The summed E-state index contributed by atoms with van der Waals surface area (Å²) in [4.78, 5) is 0. The van der Waals surface area contributed by atoms with Crippen LogP contribution >= 0.6 is 11.6 Å². The summed E-state index contributed by atoms with van der Waals surface area (Å²) < 4.78 is 11.2. The summed E-state index contributed by atoms with van der Waals surface area (Å²) in [6, 6.07) is 3.80. The second-order valence-corrected chi connectivity index (χ2v) is 4.84. The van der Waals surface area contributed by atoms with E-state index in [9.17, 15) is 5.11 Å². The smallest absolute Gasteiger partial charge is 0.179 e. The van der Waals surface area contributed by atoms with Crippen molar-refractivity contribution in [3.63, 3.8) is 0 Å². The number of fused-ring (bicyclic) bond motifs is 1. The lowest BCUT2D eigenvalue weighted by atomic mass is 10.2. The number of aliphatic hydroxyl groups excluding tert-OH is 1. The molecule has 0 amide bonds. The maximum Gasteiger partial charge on any atom is 0.179 e. The van der Waals surface area contributed by atoms with Gasteiger partial charge >= 0.3 is 0 Å². The van der Waals surface area contributed by atoms with Crippen molar-refractivity contribution in [3.8, 4) is 11.5 Å². The highest BCUT2D eigenvalue weighted by molar-refractivity contribution is 6.32. The molecule has 0 saturated heterocycles. The molecule has 1 unspecified atom stereocenters. The number of ether oxygens (including phenoxy) is 2. The zero-order chi connectivity index (χ0) is 13.0. The van der Waals surface area contributed by atoms with Crippen LogP contribution in [0.3, 0.4) is 0 Å². The van der Waals surface area contributed by atoms with E-state index in [1.165, 1.54) is 0 Å². The Balaban J connectivity index is 2.08. The molecule has 0 bridgehead atoms. The molecule has 18 heavy (non-hydrogen) atoms. The fourth-order valence-corrected chi connectivity index (χ4v) is 2.10. The first-order chi connectivity index (χ1) is 8.66. The van der Waals surface area contributed by atoms with Gasteiger partial charge in [0.15, 0.2) is 11.5 Å². The van der Waals surface area contributed by atoms with E-state index in [2.05, 4.69) is 5.32 Å². The first-order valence-corrected chi connectivity index (χ1v) is 6.51. The Labute approximate surface area is 112 Å². The number of aliphatic hydroxyl groups is 1. The van der Waals surface area contributed by atoms with Crippen molar-refractivity contribution in [1.82, 2.24) is 5.32 Å². The van der Waals surface area contributed by atoms with Crippen molar-refractivity contribution in [3.05, 3.63) is 22.7 Å². The first-order valence-electron chi connectivity index (χ1n) is 6.13. The van der Waals surface area contributed by atoms with Crippen LogP contribution in [0.5, 0.6) is 11.5 Å². The molecule has 1 aliphatic rings. The van der Waals surface area contributed by atoms with Crippen molar-refractivity contribution < 1.29 is 14.6 Å². The van der Waals surface area contributed by atoms with Gasteiger partial charge in [-0.2, -0.15) is 0 Å². The van der Waals surface area contributed by atoms with Gasteiger partial charge < -0.3 is 19.9 Å². The second-order valence-electron chi connectivity index (χ2n) is 4.44. The third-order valence-corrected chi connectivity index (χ3v) is 2.91. The highest BCUT2D eigenvalue weighted by Crippen LogP contribution is 2.37. The molecule has 100 valence electrons. The number of benzene rings is 1. The van der Waals surface area contributed by atoms with Crippen molar-refractivity contribution >= 4 is 11.6 Å². The minimum Gasteiger partial charge on any atom is -0.489 e. The highest BCUT2D eigenvalue weighted by atomic mass is 35.5. The van der Waals surface area contributed by atoms with Gasteiger partial charge in [0, 0.05) is 19.5 Å². The molecule has 1 heterocycles. The van der Waals surface area contributed by atoms with Crippen molar-refractivity contribution in [1.29, 1.82) is 0 Å². The van der Waals surface area contributed by atoms with Crippen molar-refractivity contribution in [2.75, 3.05) is 19.8 Å². The fourth-order valence-electron chi connectivity index (χ4n) is 1.81. The Morgan fingerprint density at radius 1 is 1.39 bits per heavy atom. The lowest BCUT2D eigenvalue weighted by Crippen LogP contribution is -2.23. The van der Waals surface area contributed by atoms with Crippen LogP contribution in [0.25, 0.3) is 0 Å². The van der Waals surface area contributed by atoms with Crippen LogP contribution in [-0.4, -0.2) is 31.0 Å².